The number of rotatable bonds is 5. The van der Waals surface area contributed by atoms with Crippen LogP contribution in [0.3, 0.4) is 0 Å². The van der Waals surface area contributed by atoms with Crippen LogP contribution < -0.4 is 14.4 Å². The normalized spacial score (nSPS) is 17.4. The molecule has 0 aliphatic carbocycles. The second-order valence-electron chi connectivity index (χ2n) is 7.84. The number of methoxy groups -OCH3 is 2. The summed E-state index contributed by atoms with van der Waals surface area (Å²) in [6, 6.07) is 13.5. The first kappa shape index (κ1) is 25.1. The zero-order valence-electron chi connectivity index (χ0n) is 19.0. The Hall–Kier alpha value is -3.98. The lowest BCUT2D eigenvalue weighted by molar-refractivity contribution is -0.137. The number of carbonyl (C=O) groups excluding carboxylic acids is 2. The van der Waals surface area contributed by atoms with Gasteiger partial charge in [-0.3, -0.25) is 14.5 Å². The molecular formula is C26H19ClF3NO5. The largest absolute Gasteiger partial charge is 0.507 e. The Morgan fingerprint density at radius 3 is 2.25 bits per heavy atom. The van der Waals surface area contributed by atoms with Crippen molar-refractivity contribution in [2.45, 2.75) is 12.2 Å². The van der Waals surface area contributed by atoms with Crippen molar-refractivity contribution < 1.29 is 37.3 Å². The maximum Gasteiger partial charge on any atom is 0.416 e. The topological polar surface area (TPSA) is 76.1 Å². The summed E-state index contributed by atoms with van der Waals surface area (Å²) in [6.07, 6.45) is -4.58. The van der Waals surface area contributed by atoms with Gasteiger partial charge in [0.1, 0.15) is 17.3 Å². The number of amides is 1. The number of aliphatic hydroxyl groups is 1. The summed E-state index contributed by atoms with van der Waals surface area (Å²) in [6.45, 7) is 0. The summed E-state index contributed by atoms with van der Waals surface area (Å²) in [5, 5.41) is 11.3. The summed E-state index contributed by atoms with van der Waals surface area (Å²) in [5.74, 6) is -1.77. The first-order chi connectivity index (χ1) is 17.1. The van der Waals surface area contributed by atoms with Crippen LogP contribution in [0.15, 0.2) is 72.3 Å². The number of alkyl halides is 3. The molecule has 1 aliphatic heterocycles. The van der Waals surface area contributed by atoms with Crippen molar-refractivity contribution in [2.24, 2.45) is 0 Å². The average Bonchev–Trinajstić information content (AvgIpc) is 3.13. The van der Waals surface area contributed by atoms with Gasteiger partial charge in [-0.05, 0) is 60.2 Å². The molecule has 1 unspecified atom stereocenters. The molecule has 1 heterocycles. The zero-order valence-corrected chi connectivity index (χ0v) is 19.7. The lowest BCUT2D eigenvalue weighted by Crippen LogP contribution is -2.29. The Labute approximate surface area is 209 Å². The van der Waals surface area contributed by atoms with E-state index in [0.29, 0.717) is 17.1 Å². The highest BCUT2D eigenvalue weighted by Gasteiger charge is 2.47. The highest BCUT2D eigenvalue weighted by Crippen LogP contribution is 2.44. The quantitative estimate of drug-likeness (QED) is 0.255. The molecule has 1 amide bonds. The van der Waals surface area contributed by atoms with Gasteiger partial charge < -0.3 is 14.6 Å². The summed E-state index contributed by atoms with van der Waals surface area (Å²) >= 11 is 6.19. The molecule has 1 aliphatic rings. The molecule has 186 valence electrons. The molecule has 3 aromatic carbocycles. The van der Waals surface area contributed by atoms with E-state index in [2.05, 4.69) is 0 Å². The van der Waals surface area contributed by atoms with E-state index in [-0.39, 0.29) is 21.8 Å². The molecule has 1 saturated heterocycles. The van der Waals surface area contributed by atoms with Crippen molar-refractivity contribution in [2.75, 3.05) is 19.1 Å². The van der Waals surface area contributed by atoms with E-state index in [1.165, 1.54) is 32.4 Å². The van der Waals surface area contributed by atoms with Crippen LogP contribution in [0, 0.1) is 0 Å². The van der Waals surface area contributed by atoms with Gasteiger partial charge in [0, 0.05) is 11.3 Å². The van der Waals surface area contributed by atoms with Crippen molar-refractivity contribution in [3.8, 4) is 11.5 Å². The van der Waals surface area contributed by atoms with Crippen LogP contribution in [-0.2, 0) is 15.8 Å². The number of anilines is 1. The molecule has 1 atom stereocenters. The Morgan fingerprint density at radius 1 is 0.972 bits per heavy atom. The summed E-state index contributed by atoms with van der Waals surface area (Å²) in [5.41, 5.74) is -0.568. The number of Topliss-reactive ketones (excluding diaryl/α,β-unsaturated/α-hetero) is 1. The Balaban J connectivity index is 1.92. The fourth-order valence-electron chi connectivity index (χ4n) is 4.01. The zero-order chi connectivity index (χ0) is 26.2. The van der Waals surface area contributed by atoms with Gasteiger partial charge in [-0.1, -0.05) is 23.7 Å². The highest BCUT2D eigenvalue weighted by molar-refractivity contribution is 6.51. The molecule has 0 saturated carbocycles. The van der Waals surface area contributed by atoms with Crippen LogP contribution in [0.4, 0.5) is 18.9 Å². The Morgan fingerprint density at radius 2 is 1.67 bits per heavy atom. The number of halogens is 4. The van der Waals surface area contributed by atoms with Crippen LogP contribution in [0.2, 0.25) is 5.02 Å². The van der Waals surface area contributed by atoms with E-state index in [9.17, 15) is 27.9 Å². The van der Waals surface area contributed by atoms with Crippen molar-refractivity contribution >= 4 is 34.7 Å². The van der Waals surface area contributed by atoms with Gasteiger partial charge in [0.25, 0.3) is 11.7 Å². The summed E-state index contributed by atoms with van der Waals surface area (Å²) < 4.78 is 49.7. The van der Waals surface area contributed by atoms with Crippen LogP contribution in [0.5, 0.6) is 11.5 Å². The third-order valence-corrected chi connectivity index (χ3v) is 6.05. The predicted molar refractivity (Wildman–Crippen MR) is 127 cm³/mol. The third kappa shape index (κ3) is 4.49. The second-order valence-corrected chi connectivity index (χ2v) is 8.25. The molecule has 0 spiro atoms. The molecule has 6 nitrogen and oxygen atoms in total. The van der Waals surface area contributed by atoms with Gasteiger partial charge in [0.05, 0.1) is 36.4 Å². The number of hydrogen-bond acceptors (Lipinski definition) is 5. The second kappa shape index (κ2) is 9.58. The van der Waals surface area contributed by atoms with E-state index in [1.54, 1.807) is 24.3 Å². The van der Waals surface area contributed by atoms with Crippen LogP contribution in [0.25, 0.3) is 5.76 Å². The SMILES string of the molecule is COc1cccc(C2/C(=C(/O)c3ccc(OC)c(Cl)c3)C(=O)C(=O)N2c2ccc(C(F)(F)F)cc2)c1. The lowest BCUT2D eigenvalue weighted by Gasteiger charge is -2.26. The van der Waals surface area contributed by atoms with E-state index in [1.807, 2.05) is 0 Å². The van der Waals surface area contributed by atoms with E-state index < -0.39 is 35.2 Å². The minimum atomic E-state index is -4.58. The molecule has 1 N–H and O–H groups in total. The highest BCUT2D eigenvalue weighted by atomic mass is 35.5. The van der Waals surface area contributed by atoms with Gasteiger partial charge in [0.15, 0.2) is 0 Å². The number of ether oxygens (including phenoxy) is 2. The minimum absolute atomic E-state index is 0.0460. The number of carbonyl (C=O) groups is 2. The van der Waals surface area contributed by atoms with E-state index in [4.69, 9.17) is 21.1 Å². The maximum absolute atomic E-state index is 13.2. The molecule has 10 heteroatoms. The Kier molecular flexibility index (Phi) is 6.69. The van der Waals surface area contributed by atoms with Crippen LogP contribution >= 0.6 is 11.6 Å². The van der Waals surface area contributed by atoms with Crippen molar-refractivity contribution in [1.82, 2.24) is 0 Å². The fourth-order valence-corrected chi connectivity index (χ4v) is 4.26. The Bertz CT molecular complexity index is 1370. The minimum Gasteiger partial charge on any atom is -0.507 e. The molecular weight excluding hydrogens is 499 g/mol. The average molecular weight is 518 g/mol. The first-order valence-corrected chi connectivity index (χ1v) is 10.9. The molecule has 0 aromatic heterocycles. The summed E-state index contributed by atoms with van der Waals surface area (Å²) in [4.78, 5) is 27.4. The first-order valence-electron chi connectivity index (χ1n) is 10.5. The molecule has 1 fully saturated rings. The summed E-state index contributed by atoms with van der Waals surface area (Å²) in [7, 11) is 2.85. The van der Waals surface area contributed by atoms with Crippen molar-refractivity contribution in [3.63, 3.8) is 0 Å². The van der Waals surface area contributed by atoms with Gasteiger partial charge >= 0.3 is 6.18 Å². The maximum atomic E-state index is 13.2. The molecule has 0 radical (unpaired) electrons. The standard InChI is InChI=1S/C26H19ClF3NO5/c1-35-18-5-3-4-14(12-18)22-21(23(32)15-6-11-20(36-2)19(27)13-15)24(33)25(34)31(22)17-9-7-16(8-10-17)26(28,29)30/h3-13,22,32H,1-2H3/b23-21-. The smallest absolute Gasteiger partial charge is 0.416 e. The monoisotopic (exact) mass is 517 g/mol. The van der Waals surface area contributed by atoms with Gasteiger partial charge in [0.2, 0.25) is 0 Å². The van der Waals surface area contributed by atoms with Gasteiger partial charge in [-0.2, -0.15) is 13.2 Å². The van der Waals surface area contributed by atoms with Crippen LogP contribution in [0.1, 0.15) is 22.7 Å². The molecule has 36 heavy (non-hydrogen) atoms. The molecule has 0 bridgehead atoms. The third-order valence-electron chi connectivity index (χ3n) is 5.75. The lowest BCUT2D eigenvalue weighted by atomic mass is 9.95. The van der Waals surface area contributed by atoms with Crippen molar-refractivity contribution in [1.29, 1.82) is 0 Å². The van der Waals surface area contributed by atoms with Gasteiger partial charge in [-0.25, -0.2) is 0 Å². The number of aliphatic hydroxyl groups excluding tert-OH is 1. The van der Waals surface area contributed by atoms with Crippen molar-refractivity contribution in [3.05, 3.63) is 94.0 Å². The number of ketones is 1. The molecule has 4 rings (SSSR count). The number of benzene rings is 3. The predicted octanol–water partition coefficient (Wildman–Crippen LogP) is 6.00. The van der Waals surface area contributed by atoms with Gasteiger partial charge in [-0.15, -0.1) is 0 Å². The number of hydrogen-bond donors (Lipinski definition) is 1. The van der Waals surface area contributed by atoms with E-state index in [0.717, 1.165) is 29.2 Å². The fraction of sp³-hybridized carbons (Fsp3) is 0.154. The number of nitrogens with zero attached hydrogens (tertiary/aromatic N) is 1. The van der Waals surface area contributed by atoms with E-state index >= 15 is 0 Å². The molecule has 3 aromatic rings. The van der Waals surface area contributed by atoms with Crippen LogP contribution in [-0.4, -0.2) is 31.0 Å².